The average molecular weight is 482 g/mol. The molecule has 1 aliphatic heterocycles. The molecule has 176 valence electrons. The number of hydrogen-bond acceptors (Lipinski definition) is 5. The Morgan fingerprint density at radius 3 is 2.06 bits per heavy atom. The Hall–Kier alpha value is -3.72. The number of anilines is 2. The molecule has 0 unspecified atom stereocenters. The van der Waals surface area contributed by atoms with Gasteiger partial charge < -0.3 is 15.1 Å². The maximum Gasteiger partial charge on any atom is 0.253 e. The van der Waals surface area contributed by atoms with Crippen LogP contribution in [-0.4, -0.2) is 57.1 Å². The Morgan fingerprint density at radius 2 is 1.44 bits per heavy atom. The molecule has 3 aromatic rings. The highest BCUT2D eigenvalue weighted by Gasteiger charge is 2.23. The summed E-state index contributed by atoms with van der Waals surface area (Å²) in [4.78, 5) is 28.8. The smallest absolute Gasteiger partial charge is 0.253 e. The fraction of sp³-hybridized carbons (Fsp3) is 0.200. The van der Waals surface area contributed by atoms with Gasteiger partial charge in [0.15, 0.2) is 9.84 Å². The van der Waals surface area contributed by atoms with Gasteiger partial charge in [0.05, 0.1) is 4.90 Å². The molecule has 4 rings (SSSR count). The molecule has 0 aliphatic carbocycles. The molecule has 1 heterocycles. The quantitative estimate of drug-likeness (QED) is 0.584. The van der Waals surface area contributed by atoms with Crippen LogP contribution in [-0.2, 0) is 14.6 Å². The maximum absolute atomic E-state index is 13.1. The van der Waals surface area contributed by atoms with E-state index in [9.17, 15) is 22.4 Å². The lowest BCUT2D eigenvalue weighted by atomic mass is 10.1. The highest BCUT2D eigenvalue weighted by molar-refractivity contribution is 7.92. The van der Waals surface area contributed by atoms with Gasteiger partial charge >= 0.3 is 0 Å². The summed E-state index contributed by atoms with van der Waals surface area (Å²) in [6.07, 6.45) is 0. The first-order chi connectivity index (χ1) is 16.3. The van der Waals surface area contributed by atoms with E-state index in [2.05, 4.69) is 10.2 Å². The van der Waals surface area contributed by atoms with E-state index in [4.69, 9.17) is 0 Å². The summed E-state index contributed by atoms with van der Waals surface area (Å²) in [7, 11) is -3.71. The largest absolute Gasteiger partial charge is 0.368 e. The van der Waals surface area contributed by atoms with Crippen LogP contribution in [0.1, 0.15) is 10.4 Å². The van der Waals surface area contributed by atoms with Crippen molar-refractivity contribution in [3.05, 3.63) is 90.2 Å². The molecular formula is C25H24FN3O4S. The van der Waals surface area contributed by atoms with E-state index in [1.165, 1.54) is 36.4 Å². The summed E-state index contributed by atoms with van der Waals surface area (Å²) < 4.78 is 37.8. The average Bonchev–Trinajstić information content (AvgIpc) is 2.85. The van der Waals surface area contributed by atoms with Crippen molar-refractivity contribution >= 4 is 33.0 Å². The summed E-state index contributed by atoms with van der Waals surface area (Å²) in [5, 5.41) is 2.63. The van der Waals surface area contributed by atoms with Gasteiger partial charge in [-0.2, -0.15) is 0 Å². The van der Waals surface area contributed by atoms with Crippen LogP contribution in [0.4, 0.5) is 15.8 Å². The van der Waals surface area contributed by atoms with E-state index >= 15 is 0 Å². The molecule has 34 heavy (non-hydrogen) atoms. The zero-order valence-corrected chi connectivity index (χ0v) is 19.2. The minimum absolute atomic E-state index is 0.109. The summed E-state index contributed by atoms with van der Waals surface area (Å²) >= 11 is 0. The van der Waals surface area contributed by atoms with Crippen LogP contribution in [0, 0.1) is 5.82 Å². The molecule has 0 radical (unpaired) electrons. The van der Waals surface area contributed by atoms with E-state index < -0.39 is 21.5 Å². The normalized spacial score (nSPS) is 14.0. The summed E-state index contributed by atoms with van der Waals surface area (Å²) in [5.41, 5.74) is 1.90. The number of carbonyl (C=O) groups excluding carboxylic acids is 2. The third-order valence-corrected chi connectivity index (χ3v) is 7.23. The number of sulfone groups is 1. The van der Waals surface area contributed by atoms with Gasteiger partial charge in [-0.3, -0.25) is 9.59 Å². The van der Waals surface area contributed by atoms with Crippen LogP contribution in [0.2, 0.25) is 0 Å². The molecule has 2 amide bonds. The monoisotopic (exact) mass is 481 g/mol. The molecule has 3 aromatic carbocycles. The van der Waals surface area contributed by atoms with Crippen molar-refractivity contribution in [2.24, 2.45) is 0 Å². The second-order valence-electron chi connectivity index (χ2n) is 7.95. The molecule has 1 aliphatic rings. The second kappa shape index (κ2) is 10.0. The number of carbonyl (C=O) groups is 2. The molecule has 9 heteroatoms. The van der Waals surface area contributed by atoms with Gasteiger partial charge in [-0.15, -0.1) is 0 Å². The first-order valence-electron chi connectivity index (χ1n) is 10.8. The van der Waals surface area contributed by atoms with Gasteiger partial charge in [-0.25, -0.2) is 12.8 Å². The van der Waals surface area contributed by atoms with Crippen molar-refractivity contribution in [1.82, 2.24) is 4.90 Å². The molecule has 0 bridgehead atoms. The minimum atomic E-state index is -3.71. The molecule has 0 spiro atoms. The Balaban J connectivity index is 1.30. The van der Waals surface area contributed by atoms with Gasteiger partial charge in [-0.05, 0) is 60.7 Å². The number of nitrogens with one attached hydrogen (secondary N) is 1. The first kappa shape index (κ1) is 23.4. The second-order valence-corrected chi connectivity index (χ2v) is 9.94. The number of halogens is 1. The Bertz CT molecular complexity index is 1260. The van der Waals surface area contributed by atoms with E-state index in [-0.39, 0.29) is 16.6 Å². The molecule has 1 fully saturated rings. The topological polar surface area (TPSA) is 86.8 Å². The van der Waals surface area contributed by atoms with Crippen molar-refractivity contribution in [1.29, 1.82) is 0 Å². The number of hydrogen-bond donors (Lipinski definition) is 1. The zero-order chi connectivity index (χ0) is 24.1. The summed E-state index contributed by atoms with van der Waals surface area (Å²) in [5.74, 6) is -1.74. The highest BCUT2D eigenvalue weighted by Crippen LogP contribution is 2.21. The van der Waals surface area contributed by atoms with Crippen LogP contribution >= 0.6 is 0 Å². The fourth-order valence-corrected chi connectivity index (χ4v) is 4.93. The first-order valence-corrected chi connectivity index (χ1v) is 12.4. The predicted molar refractivity (Wildman–Crippen MR) is 128 cm³/mol. The molecule has 7 nitrogen and oxygen atoms in total. The molecule has 0 saturated carbocycles. The van der Waals surface area contributed by atoms with Crippen LogP contribution in [0.5, 0.6) is 0 Å². The minimum Gasteiger partial charge on any atom is -0.368 e. The van der Waals surface area contributed by atoms with E-state index in [1.54, 1.807) is 35.2 Å². The number of amides is 2. The number of rotatable bonds is 6. The van der Waals surface area contributed by atoms with Crippen molar-refractivity contribution in [2.45, 2.75) is 4.90 Å². The van der Waals surface area contributed by atoms with Gasteiger partial charge in [0, 0.05) is 43.1 Å². The Labute approximate surface area is 197 Å². The lowest BCUT2D eigenvalue weighted by molar-refractivity contribution is -0.113. The maximum atomic E-state index is 13.1. The van der Waals surface area contributed by atoms with E-state index in [0.29, 0.717) is 37.4 Å². The molecule has 1 saturated heterocycles. The van der Waals surface area contributed by atoms with Gasteiger partial charge in [-0.1, -0.05) is 18.2 Å². The van der Waals surface area contributed by atoms with Crippen LogP contribution in [0.15, 0.2) is 83.8 Å². The summed E-state index contributed by atoms with van der Waals surface area (Å²) in [6.45, 7) is 2.33. The predicted octanol–water partition coefficient (Wildman–Crippen LogP) is 3.20. The molecule has 0 atom stereocenters. The van der Waals surface area contributed by atoms with Gasteiger partial charge in [0.25, 0.3) is 5.91 Å². The standard InChI is InChI=1S/C25H24FN3O4S/c26-20-8-6-19(7-9-20)25(31)29-16-14-28(15-17-29)22-12-10-21(11-13-22)27-24(30)18-34(32,33)23-4-2-1-3-5-23/h1-13H,14-18H2,(H,27,30). The van der Waals surface area contributed by atoms with Crippen LogP contribution < -0.4 is 10.2 Å². The van der Waals surface area contributed by atoms with Crippen molar-refractivity contribution in [3.63, 3.8) is 0 Å². The number of piperazine rings is 1. The Kier molecular flexibility index (Phi) is 6.93. The number of nitrogens with zero attached hydrogens (tertiary/aromatic N) is 2. The third kappa shape index (κ3) is 5.60. The summed E-state index contributed by atoms with van der Waals surface area (Å²) in [6, 6.07) is 20.5. The van der Waals surface area contributed by atoms with Crippen LogP contribution in [0.3, 0.4) is 0 Å². The van der Waals surface area contributed by atoms with Crippen molar-refractivity contribution in [3.8, 4) is 0 Å². The van der Waals surface area contributed by atoms with Crippen molar-refractivity contribution in [2.75, 3.05) is 42.1 Å². The van der Waals surface area contributed by atoms with Crippen LogP contribution in [0.25, 0.3) is 0 Å². The highest BCUT2D eigenvalue weighted by atomic mass is 32.2. The van der Waals surface area contributed by atoms with Gasteiger partial charge in [0.1, 0.15) is 11.6 Å². The third-order valence-electron chi connectivity index (χ3n) is 5.60. The SMILES string of the molecule is O=C(CS(=O)(=O)c1ccccc1)Nc1ccc(N2CCN(C(=O)c3ccc(F)cc3)CC2)cc1. The van der Waals surface area contributed by atoms with Crippen molar-refractivity contribution < 1.29 is 22.4 Å². The van der Waals surface area contributed by atoms with Gasteiger partial charge in [0.2, 0.25) is 5.91 Å². The zero-order valence-electron chi connectivity index (χ0n) is 18.4. The number of benzene rings is 3. The molecule has 1 N–H and O–H groups in total. The molecular weight excluding hydrogens is 457 g/mol. The van der Waals surface area contributed by atoms with E-state index in [0.717, 1.165) is 5.69 Å². The lowest BCUT2D eigenvalue weighted by Gasteiger charge is -2.36. The fourth-order valence-electron chi connectivity index (χ4n) is 3.78. The lowest BCUT2D eigenvalue weighted by Crippen LogP contribution is -2.48. The van der Waals surface area contributed by atoms with E-state index in [1.807, 2.05) is 12.1 Å². The Morgan fingerprint density at radius 1 is 0.824 bits per heavy atom. The molecule has 0 aromatic heterocycles.